The molecule has 0 bridgehead atoms. The molecule has 0 radical (unpaired) electrons. The van der Waals surface area contributed by atoms with Gasteiger partial charge < -0.3 is 5.32 Å². The summed E-state index contributed by atoms with van der Waals surface area (Å²) in [6, 6.07) is 18.3. The van der Waals surface area contributed by atoms with E-state index in [2.05, 4.69) is 5.32 Å². The minimum Gasteiger partial charge on any atom is -0.333 e. The number of rotatable bonds is 4. The van der Waals surface area contributed by atoms with Gasteiger partial charge in [-0.05, 0) is 40.6 Å². The van der Waals surface area contributed by atoms with Gasteiger partial charge in [-0.25, -0.2) is 17.9 Å². The maximum absolute atomic E-state index is 12.2. The van der Waals surface area contributed by atoms with Gasteiger partial charge in [-0.2, -0.15) is 0 Å². The fraction of sp³-hybridized carbons (Fsp3) is 0.0556. The first-order chi connectivity index (χ1) is 12.0. The van der Waals surface area contributed by atoms with E-state index >= 15 is 0 Å². The van der Waals surface area contributed by atoms with Gasteiger partial charge in [0.05, 0.1) is 4.90 Å². The molecule has 7 heteroatoms. The SMILES string of the molecule is O=C(NCc1cccc2ccccc12)NS(=O)(=O)c1ccc(Cl)cc1. The van der Waals surface area contributed by atoms with Crippen LogP contribution in [0.2, 0.25) is 5.02 Å². The topological polar surface area (TPSA) is 75.3 Å². The Hall–Kier alpha value is -2.57. The van der Waals surface area contributed by atoms with E-state index in [9.17, 15) is 13.2 Å². The second-order valence-electron chi connectivity index (χ2n) is 5.38. The molecule has 3 rings (SSSR count). The zero-order valence-electron chi connectivity index (χ0n) is 13.1. The first-order valence-corrected chi connectivity index (χ1v) is 9.35. The van der Waals surface area contributed by atoms with Crippen molar-refractivity contribution >= 4 is 38.4 Å². The molecule has 0 fully saturated rings. The minimum atomic E-state index is -3.94. The first kappa shape index (κ1) is 17.3. The number of fused-ring (bicyclic) bond motifs is 1. The number of urea groups is 1. The van der Waals surface area contributed by atoms with Gasteiger partial charge >= 0.3 is 6.03 Å². The molecule has 0 saturated heterocycles. The molecule has 0 spiro atoms. The summed E-state index contributed by atoms with van der Waals surface area (Å²) in [6.45, 7) is 0.212. The Morgan fingerprint density at radius 3 is 2.36 bits per heavy atom. The smallest absolute Gasteiger partial charge is 0.328 e. The second kappa shape index (κ2) is 7.13. The largest absolute Gasteiger partial charge is 0.333 e. The van der Waals surface area contributed by atoms with Crippen molar-refractivity contribution < 1.29 is 13.2 Å². The molecule has 0 aliphatic rings. The number of carbonyl (C=O) groups excluding carboxylic acids is 1. The van der Waals surface area contributed by atoms with E-state index in [-0.39, 0.29) is 11.4 Å². The maximum atomic E-state index is 12.2. The van der Waals surface area contributed by atoms with Crippen molar-refractivity contribution in [2.75, 3.05) is 0 Å². The number of benzene rings is 3. The summed E-state index contributed by atoms with van der Waals surface area (Å²) >= 11 is 5.74. The Morgan fingerprint density at radius 2 is 1.60 bits per heavy atom. The third kappa shape index (κ3) is 4.10. The van der Waals surface area contributed by atoms with Gasteiger partial charge in [0.2, 0.25) is 0 Å². The van der Waals surface area contributed by atoms with E-state index in [1.54, 1.807) is 0 Å². The summed E-state index contributed by atoms with van der Waals surface area (Å²) in [6.07, 6.45) is 0. The van der Waals surface area contributed by atoms with Crippen molar-refractivity contribution in [3.63, 3.8) is 0 Å². The molecule has 3 aromatic carbocycles. The molecule has 0 aromatic heterocycles. The Balaban J connectivity index is 1.69. The van der Waals surface area contributed by atoms with Crippen LogP contribution < -0.4 is 10.0 Å². The molecule has 0 atom stereocenters. The van der Waals surface area contributed by atoms with Crippen molar-refractivity contribution in [3.8, 4) is 0 Å². The summed E-state index contributed by atoms with van der Waals surface area (Å²) in [4.78, 5) is 12.0. The number of hydrogen-bond donors (Lipinski definition) is 2. The van der Waals surface area contributed by atoms with Crippen LogP contribution in [0, 0.1) is 0 Å². The summed E-state index contributed by atoms with van der Waals surface area (Å²) in [5.74, 6) is 0. The normalized spacial score (nSPS) is 11.2. The van der Waals surface area contributed by atoms with E-state index in [0.29, 0.717) is 5.02 Å². The van der Waals surface area contributed by atoms with Crippen LogP contribution in [-0.4, -0.2) is 14.4 Å². The summed E-state index contributed by atoms with van der Waals surface area (Å²) in [5, 5.41) is 5.05. The predicted molar refractivity (Wildman–Crippen MR) is 98.0 cm³/mol. The third-order valence-corrected chi connectivity index (χ3v) is 5.27. The lowest BCUT2D eigenvalue weighted by molar-refractivity contribution is 0.245. The molecule has 2 N–H and O–H groups in total. The van der Waals surface area contributed by atoms with Gasteiger partial charge in [0, 0.05) is 11.6 Å². The zero-order valence-corrected chi connectivity index (χ0v) is 14.6. The van der Waals surface area contributed by atoms with E-state index in [4.69, 9.17) is 11.6 Å². The first-order valence-electron chi connectivity index (χ1n) is 7.48. The van der Waals surface area contributed by atoms with Crippen molar-refractivity contribution in [2.24, 2.45) is 0 Å². The van der Waals surface area contributed by atoms with Gasteiger partial charge in [0.25, 0.3) is 10.0 Å². The Bertz CT molecular complexity index is 1010. The molecule has 0 aliphatic heterocycles. The predicted octanol–water partition coefficient (Wildman–Crippen LogP) is 3.68. The van der Waals surface area contributed by atoms with Gasteiger partial charge in [-0.3, -0.25) is 0 Å². The zero-order chi connectivity index (χ0) is 17.9. The van der Waals surface area contributed by atoms with E-state index in [0.717, 1.165) is 16.3 Å². The molecule has 0 unspecified atom stereocenters. The van der Waals surface area contributed by atoms with Crippen LogP contribution in [0.15, 0.2) is 71.6 Å². The number of carbonyl (C=O) groups is 1. The van der Waals surface area contributed by atoms with Gasteiger partial charge in [0.1, 0.15) is 0 Å². The Labute approximate surface area is 150 Å². The molecule has 2 amide bonds. The van der Waals surface area contributed by atoms with Crippen LogP contribution in [0.4, 0.5) is 4.79 Å². The summed E-state index contributed by atoms with van der Waals surface area (Å²) in [7, 11) is -3.94. The highest BCUT2D eigenvalue weighted by atomic mass is 35.5. The second-order valence-corrected chi connectivity index (χ2v) is 7.50. The fourth-order valence-electron chi connectivity index (χ4n) is 2.45. The number of halogens is 1. The lowest BCUT2D eigenvalue weighted by Crippen LogP contribution is -2.39. The monoisotopic (exact) mass is 374 g/mol. The van der Waals surface area contributed by atoms with Crippen LogP contribution in [0.3, 0.4) is 0 Å². The van der Waals surface area contributed by atoms with Gasteiger partial charge in [-0.1, -0.05) is 54.1 Å². The van der Waals surface area contributed by atoms with Crippen molar-refractivity contribution in [2.45, 2.75) is 11.4 Å². The lowest BCUT2D eigenvalue weighted by Gasteiger charge is -2.10. The molecule has 0 aliphatic carbocycles. The third-order valence-electron chi connectivity index (χ3n) is 3.67. The van der Waals surface area contributed by atoms with Crippen LogP contribution in [0.5, 0.6) is 0 Å². The van der Waals surface area contributed by atoms with Crippen molar-refractivity contribution in [1.29, 1.82) is 0 Å². The standard InChI is InChI=1S/C18H15ClN2O3S/c19-15-8-10-16(11-9-15)25(23,24)21-18(22)20-12-14-6-3-5-13-4-1-2-7-17(13)14/h1-11H,12H2,(H2,20,21,22). The van der Waals surface area contributed by atoms with Gasteiger partial charge in [0.15, 0.2) is 0 Å². The Kier molecular flexibility index (Phi) is 4.92. The number of hydrogen-bond acceptors (Lipinski definition) is 3. The molecule has 3 aromatic rings. The van der Waals surface area contributed by atoms with E-state index in [1.165, 1.54) is 24.3 Å². The fourth-order valence-corrected chi connectivity index (χ4v) is 3.51. The molecular weight excluding hydrogens is 360 g/mol. The van der Waals surface area contributed by atoms with Gasteiger partial charge in [-0.15, -0.1) is 0 Å². The summed E-state index contributed by atoms with van der Waals surface area (Å²) < 4.78 is 26.3. The van der Waals surface area contributed by atoms with Crippen LogP contribution >= 0.6 is 11.6 Å². The molecular formula is C18H15ClN2O3S. The van der Waals surface area contributed by atoms with E-state index < -0.39 is 16.1 Å². The number of amides is 2. The van der Waals surface area contributed by atoms with Crippen LogP contribution in [-0.2, 0) is 16.6 Å². The van der Waals surface area contributed by atoms with E-state index in [1.807, 2.05) is 47.2 Å². The van der Waals surface area contributed by atoms with Crippen molar-refractivity contribution in [1.82, 2.24) is 10.0 Å². The quantitative estimate of drug-likeness (QED) is 0.731. The highest BCUT2D eigenvalue weighted by molar-refractivity contribution is 7.90. The molecule has 25 heavy (non-hydrogen) atoms. The summed E-state index contributed by atoms with van der Waals surface area (Å²) in [5.41, 5.74) is 0.900. The average Bonchev–Trinajstić information content (AvgIpc) is 2.60. The Morgan fingerprint density at radius 1 is 0.920 bits per heavy atom. The highest BCUT2D eigenvalue weighted by Crippen LogP contribution is 2.18. The van der Waals surface area contributed by atoms with Crippen molar-refractivity contribution in [3.05, 3.63) is 77.3 Å². The number of nitrogens with one attached hydrogen (secondary N) is 2. The molecule has 128 valence electrons. The molecule has 0 heterocycles. The van der Waals surface area contributed by atoms with Crippen LogP contribution in [0.25, 0.3) is 10.8 Å². The maximum Gasteiger partial charge on any atom is 0.328 e. The minimum absolute atomic E-state index is 0.0304. The number of sulfonamides is 1. The lowest BCUT2D eigenvalue weighted by atomic mass is 10.0. The highest BCUT2D eigenvalue weighted by Gasteiger charge is 2.17. The molecule has 0 saturated carbocycles. The molecule has 5 nitrogen and oxygen atoms in total. The van der Waals surface area contributed by atoms with Crippen LogP contribution in [0.1, 0.15) is 5.56 Å². The average molecular weight is 375 g/mol.